The van der Waals surface area contributed by atoms with Crippen LogP contribution in [0.5, 0.6) is 0 Å². The second-order valence-electron chi connectivity index (χ2n) is 12.1. The largest absolute Gasteiger partial charge is 0.368 e. The second-order valence-corrected chi connectivity index (χ2v) is 12.9. The Morgan fingerprint density at radius 2 is 1.64 bits per heavy atom. The monoisotopic (exact) mass is 604 g/mol. The molecule has 1 unspecified atom stereocenters. The predicted molar refractivity (Wildman–Crippen MR) is 175 cm³/mol. The van der Waals surface area contributed by atoms with Crippen LogP contribution in [0.25, 0.3) is 10.9 Å². The number of fused-ring (bicyclic) bond motifs is 1. The van der Waals surface area contributed by atoms with E-state index >= 15 is 0 Å². The van der Waals surface area contributed by atoms with E-state index in [1.54, 1.807) is 12.3 Å². The molecular formula is C34H38Cl2N4O2. The van der Waals surface area contributed by atoms with Crippen molar-refractivity contribution in [3.8, 4) is 0 Å². The fraction of sp³-hybridized carbons (Fsp3) is 0.353. The van der Waals surface area contributed by atoms with Crippen LogP contribution in [0, 0.1) is 0 Å². The first-order valence-corrected chi connectivity index (χ1v) is 15.2. The average Bonchev–Trinajstić information content (AvgIpc) is 2.96. The minimum atomic E-state index is -0.487. The van der Waals surface area contributed by atoms with Crippen LogP contribution in [0.1, 0.15) is 60.8 Å². The molecule has 0 saturated carbocycles. The number of piperazine rings is 1. The van der Waals surface area contributed by atoms with Crippen LogP contribution < -0.4 is 15.6 Å². The summed E-state index contributed by atoms with van der Waals surface area (Å²) in [6, 6.07) is 18.8. The molecule has 1 aromatic heterocycles. The lowest BCUT2D eigenvalue weighted by atomic mass is 9.80. The molecule has 4 aromatic rings. The van der Waals surface area contributed by atoms with Crippen LogP contribution in [0.4, 0.5) is 5.69 Å². The van der Waals surface area contributed by atoms with Gasteiger partial charge in [0.2, 0.25) is 5.43 Å². The lowest BCUT2D eigenvalue weighted by Crippen LogP contribution is -2.44. The van der Waals surface area contributed by atoms with Crippen molar-refractivity contribution in [2.75, 3.05) is 38.1 Å². The topological polar surface area (TPSA) is 57.6 Å². The number of hydrogen-bond acceptors (Lipinski definition) is 4. The van der Waals surface area contributed by atoms with E-state index in [-0.39, 0.29) is 16.4 Å². The molecule has 3 aromatic carbocycles. The molecule has 0 bridgehead atoms. The number of carbonyl (C=O) groups is 1. The van der Waals surface area contributed by atoms with Gasteiger partial charge in [0.1, 0.15) is 5.56 Å². The Balaban J connectivity index is 1.58. The number of hydrogen-bond donors (Lipinski definition) is 1. The summed E-state index contributed by atoms with van der Waals surface area (Å²) < 4.78 is 1.96. The van der Waals surface area contributed by atoms with E-state index in [1.807, 2.05) is 60.0 Å². The molecule has 220 valence electrons. The summed E-state index contributed by atoms with van der Waals surface area (Å²) >= 11 is 13.0. The van der Waals surface area contributed by atoms with Crippen molar-refractivity contribution in [1.82, 2.24) is 14.8 Å². The summed E-state index contributed by atoms with van der Waals surface area (Å²) in [7, 11) is 2.11. The van der Waals surface area contributed by atoms with Crippen molar-refractivity contribution in [1.29, 1.82) is 0 Å². The van der Waals surface area contributed by atoms with Gasteiger partial charge in [0.15, 0.2) is 0 Å². The maximum atomic E-state index is 14.0. The fourth-order valence-electron chi connectivity index (χ4n) is 5.75. The number of likely N-dealkylation sites (N-methyl/N-ethyl adjacent to an activating group) is 1. The van der Waals surface area contributed by atoms with Gasteiger partial charge in [-0.15, -0.1) is 0 Å². The van der Waals surface area contributed by atoms with E-state index in [4.69, 9.17) is 23.2 Å². The molecule has 1 atom stereocenters. The van der Waals surface area contributed by atoms with Gasteiger partial charge in [0, 0.05) is 49.3 Å². The third-order valence-corrected chi connectivity index (χ3v) is 8.69. The third kappa shape index (κ3) is 6.07. The van der Waals surface area contributed by atoms with Crippen LogP contribution in [0.2, 0.25) is 10.0 Å². The van der Waals surface area contributed by atoms with Gasteiger partial charge in [0.05, 0.1) is 22.3 Å². The maximum absolute atomic E-state index is 14.0. The van der Waals surface area contributed by atoms with Gasteiger partial charge in [-0.2, -0.15) is 0 Å². The second kappa shape index (κ2) is 12.1. The molecule has 1 aliphatic heterocycles. The van der Waals surface area contributed by atoms with E-state index in [1.165, 1.54) is 0 Å². The van der Waals surface area contributed by atoms with Crippen LogP contribution in [0.3, 0.4) is 0 Å². The number of aryl methyl sites for hydroxylation is 1. The Morgan fingerprint density at radius 1 is 0.976 bits per heavy atom. The molecule has 8 heteroatoms. The molecule has 0 aliphatic carbocycles. The Labute approximate surface area is 257 Å². The predicted octanol–water partition coefficient (Wildman–Crippen LogP) is 6.90. The minimum absolute atomic E-state index is 0.0833. The number of anilines is 1. The quantitative estimate of drug-likeness (QED) is 0.260. The number of benzene rings is 3. The van der Waals surface area contributed by atoms with Crippen LogP contribution >= 0.6 is 23.2 Å². The standard InChI is InChI=1S/C34H38Cl2N4O2/c1-6-39-21-26(32(41)25-19-28(36)30(20-29(25)39)40-17-15-38(5)16-18-40)33(42)37-31(22-11-13-23(35)14-12-22)24-9-7-8-10-27(24)34(2,3)4/h7-14,19-21,31H,6,15-18H2,1-5H3,(H,37,42). The van der Waals surface area contributed by atoms with Gasteiger partial charge in [-0.3, -0.25) is 9.59 Å². The number of amides is 1. The summed E-state index contributed by atoms with van der Waals surface area (Å²) in [5.74, 6) is -0.438. The number of aromatic nitrogens is 1. The van der Waals surface area contributed by atoms with Crippen molar-refractivity contribution in [3.63, 3.8) is 0 Å². The molecule has 42 heavy (non-hydrogen) atoms. The third-order valence-electron chi connectivity index (χ3n) is 8.14. The Kier molecular flexibility index (Phi) is 8.70. The van der Waals surface area contributed by atoms with Crippen molar-refractivity contribution in [2.45, 2.75) is 45.7 Å². The summed E-state index contributed by atoms with van der Waals surface area (Å²) in [6.07, 6.45) is 1.68. The SMILES string of the molecule is CCn1cc(C(=O)NC(c2ccc(Cl)cc2)c2ccccc2C(C)(C)C)c(=O)c2cc(Cl)c(N3CCN(C)CC3)cc21. The minimum Gasteiger partial charge on any atom is -0.368 e. The highest BCUT2D eigenvalue weighted by Crippen LogP contribution is 2.34. The van der Waals surface area contributed by atoms with E-state index < -0.39 is 11.9 Å². The van der Waals surface area contributed by atoms with E-state index in [2.05, 4.69) is 49.0 Å². The first-order chi connectivity index (χ1) is 20.0. The van der Waals surface area contributed by atoms with Gasteiger partial charge in [-0.25, -0.2) is 0 Å². The first-order valence-electron chi connectivity index (χ1n) is 14.4. The molecular weight excluding hydrogens is 567 g/mol. The van der Waals surface area contributed by atoms with Gasteiger partial charge in [-0.05, 0) is 60.3 Å². The van der Waals surface area contributed by atoms with Crippen molar-refractivity contribution >= 4 is 45.7 Å². The normalized spacial score (nSPS) is 15.2. The smallest absolute Gasteiger partial charge is 0.257 e. The average molecular weight is 606 g/mol. The van der Waals surface area contributed by atoms with Crippen molar-refractivity contribution in [2.24, 2.45) is 0 Å². The molecule has 5 rings (SSSR count). The summed E-state index contributed by atoms with van der Waals surface area (Å²) in [4.78, 5) is 32.4. The molecule has 1 N–H and O–H groups in total. The molecule has 2 heterocycles. The van der Waals surface area contributed by atoms with E-state index in [0.717, 1.165) is 54.1 Å². The highest BCUT2D eigenvalue weighted by molar-refractivity contribution is 6.34. The van der Waals surface area contributed by atoms with E-state index in [0.29, 0.717) is 22.0 Å². The van der Waals surface area contributed by atoms with Crippen molar-refractivity contribution in [3.05, 3.63) is 109 Å². The van der Waals surface area contributed by atoms with Crippen LogP contribution in [0.15, 0.2) is 71.7 Å². The summed E-state index contributed by atoms with van der Waals surface area (Å²) in [5.41, 5.74) is 4.22. The zero-order valence-corrected chi connectivity index (χ0v) is 26.4. The van der Waals surface area contributed by atoms with Gasteiger partial charge in [-0.1, -0.05) is 80.4 Å². The molecule has 1 aliphatic rings. The lowest BCUT2D eigenvalue weighted by Gasteiger charge is -2.34. The van der Waals surface area contributed by atoms with Gasteiger partial charge in [0.25, 0.3) is 5.91 Å². The highest BCUT2D eigenvalue weighted by atomic mass is 35.5. The molecule has 0 spiro atoms. The molecule has 1 amide bonds. The molecule has 1 saturated heterocycles. The number of nitrogens with one attached hydrogen (secondary N) is 1. The Bertz CT molecular complexity index is 1670. The number of carbonyl (C=O) groups excluding carboxylic acids is 1. The molecule has 6 nitrogen and oxygen atoms in total. The number of halogens is 2. The maximum Gasteiger partial charge on any atom is 0.257 e. The Hall–Kier alpha value is -3.32. The number of rotatable bonds is 6. The highest BCUT2D eigenvalue weighted by Gasteiger charge is 2.27. The van der Waals surface area contributed by atoms with Gasteiger partial charge >= 0.3 is 0 Å². The number of pyridine rings is 1. The molecule has 1 fully saturated rings. The van der Waals surface area contributed by atoms with Crippen LogP contribution in [-0.4, -0.2) is 48.6 Å². The zero-order chi connectivity index (χ0) is 30.2. The summed E-state index contributed by atoms with van der Waals surface area (Å²) in [5, 5.41) is 4.76. The Morgan fingerprint density at radius 3 is 2.29 bits per heavy atom. The van der Waals surface area contributed by atoms with Crippen molar-refractivity contribution < 1.29 is 4.79 Å². The molecule has 0 radical (unpaired) electrons. The van der Waals surface area contributed by atoms with Crippen LogP contribution in [-0.2, 0) is 12.0 Å². The zero-order valence-electron chi connectivity index (χ0n) is 24.9. The first kappa shape index (κ1) is 30.1. The number of nitrogens with zero attached hydrogens (tertiary/aromatic N) is 3. The van der Waals surface area contributed by atoms with Gasteiger partial charge < -0.3 is 19.7 Å². The lowest BCUT2D eigenvalue weighted by molar-refractivity contribution is 0.0941. The summed E-state index contributed by atoms with van der Waals surface area (Å²) in [6.45, 7) is 12.7. The van der Waals surface area contributed by atoms with E-state index in [9.17, 15) is 9.59 Å². The fourth-order valence-corrected chi connectivity index (χ4v) is 6.16.